The van der Waals surface area contributed by atoms with E-state index in [4.69, 9.17) is 0 Å². The van der Waals surface area contributed by atoms with E-state index >= 15 is 0 Å². The zero-order chi connectivity index (χ0) is 34.3. The van der Waals surface area contributed by atoms with Gasteiger partial charge < -0.3 is 0 Å². The molecule has 0 aliphatic rings. The maximum absolute atomic E-state index is 9.50. The molecule has 49 heavy (non-hydrogen) atoms. The third-order valence-corrected chi connectivity index (χ3v) is 9.10. The number of rotatable bonds is 5. The van der Waals surface area contributed by atoms with Crippen molar-refractivity contribution in [1.29, 1.82) is 0 Å². The highest BCUT2D eigenvalue weighted by atomic mass is 19.1. The summed E-state index contributed by atoms with van der Waals surface area (Å²) < 4.78 is 9.50. The van der Waals surface area contributed by atoms with Gasteiger partial charge in [-0.2, -0.15) is 0 Å². The molecule has 0 radical (unpaired) electrons. The first-order valence-corrected chi connectivity index (χ1v) is 17.0. The molecule has 0 aliphatic heterocycles. The van der Waals surface area contributed by atoms with Gasteiger partial charge in [-0.1, -0.05) is 166 Å². The topological polar surface area (TPSA) is 0 Å². The smallest absolute Gasteiger partial charge is 0.0785 e. The molecule has 0 fully saturated rings. The first-order chi connectivity index (χ1) is 24.2. The number of hydrogen-bond donors (Lipinski definition) is 0. The lowest BCUT2D eigenvalue weighted by Crippen LogP contribution is -1.93. The minimum Gasteiger partial charge on any atom is -0.255 e. The van der Waals surface area contributed by atoms with Crippen molar-refractivity contribution in [2.75, 3.05) is 7.18 Å². The van der Waals surface area contributed by atoms with Crippen LogP contribution >= 0.6 is 0 Å². The van der Waals surface area contributed by atoms with Crippen LogP contribution in [0.4, 0.5) is 4.39 Å². The Hall–Kier alpha value is -5.79. The molecule has 240 valence electrons. The van der Waals surface area contributed by atoms with Crippen molar-refractivity contribution >= 4 is 55.2 Å². The van der Waals surface area contributed by atoms with Crippen LogP contribution in [0.5, 0.6) is 0 Å². The molecule has 0 bridgehead atoms. The summed E-state index contributed by atoms with van der Waals surface area (Å²) in [6, 6.07) is 53.5. The third kappa shape index (κ3) is 6.17. The maximum Gasteiger partial charge on any atom is 0.0785 e. The Morgan fingerprint density at radius 3 is 1.51 bits per heavy atom. The van der Waals surface area contributed by atoms with Gasteiger partial charge in [-0.25, -0.2) is 0 Å². The van der Waals surface area contributed by atoms with Crippen LogP contribution in [-0.4, -0.2) is 7.18 Å². The Morgan fingerprint density at radius 2 is 0.959 bits per heavy atom. The number of alkyl halides is 1. The van der Waals surface area contributed by atoms with Gasteiger partial charge in [0.15, 0.2) is 0 Å². The number of benzene rings is 8. The van der Waals surface area contributed by atoms with E-state index in [2.05, 4.69) is 171 Å². The first-order valence-electron chi connectivity index (χ1n) is 17.0. The highest BCUT2D eigenvalue weighted by Gasteiger charge is 2.18. The van der Waals surface area contributed by atoms with E-state index in [9.17, 15) is 4.39 Å². The molecule has 0 spiro atoms. The van der Waals surface area contributed by atoms with E-state index in [1.807, 2.05) is 19.9 Å². The van der Waals surface area contributed by atoms with E-state index in [1.165, 1.54) is 82.0 Å². The summed E-state index contributed by atoms with van der Waals surface area (Å²) in [6.07, 6.45) is 6.24. The highest BCUT2D eigenvalue weighted by Crippen LogP contribution is 2.46. The zero-order valence-corrected chi connectivity index (χ0v) is 28.7. The monoisotopic (exact) mass is 636 g/mol. The lowest BCUT2D eigenvalue weighted by atomic mass is 9.83. The van der Waals surface area contributed by atoms with E-state index in [0.29, 0.717) is 7.18 Å². The standard InChI is InChI=1S/C45H32.C2H6.CH3F/c1-3-12-32-17-11-20-39(38(32)4-2)35-25-26-42-43(29-35)45(37-24-22-31-14-6-8-16-34(31)28-37)41-19-10-9-18-40(41)44(42)36-23-21-30-13-5-7-15-33(30)27-36;2*1-2/h3-29H,2H2,1H3;1-2H3;1H3/b12-3-;;. The van der Waals surface area contributed by atoms with Crippen LogP contribution in [0, 0.1) is 0 Å². The summed E-state index contributed by atoms with van der Waals surface area (Å²) in [5, 5.41) is 10.0. The molecular formula is C48H41F. The summed E-state index contributed by atoms with van der Waals surface area (Å²) in [6.45, 7) is 10.3. The molecule has 0 nitrogen and oxygen atoms in total. The fourth-order valence-corrected chi connectivity index (χ4v) is 7.05. The van der Waals surface area contributed by atoms with Crippen LogP contribution in [0.1, 0.15) is 31.9 Å². The lowest BCUT2D eigenvalue weighted by molar-refractivity contribution is 0.636. The average molecular weight is 637 g/mol. The first kappa shape index (κ1) is 33.1. The van der Waals surface area contributed by atoms with E-state index in [1.54, 1.807) is 0 Å². The minimum atomic E-state index is 0.500. The van der Waals surface area contributed by atoms with Crippen molar-refractivity contribution in [3.8, 4) is 33.4 Å². The fraction of sp³-hybridized carbons (Fsp3) is 0.0833. The fourth-order valence-electron chi connectivity index (χ4n) is 7.05. The Labute approximate surface area is 289 Å². The molecule has 0 unspecified atom stereocenters. The number of hydrogen-bond acceptors (Lipinski definition) is 0. The van der Waals surface area contributed by atoms with Crippen molar-refractivity contribution in [3.05, 3.63) is 169 Å². The summed E-state index contributed by atoms with van der Waals surface area (Å²) in [5.41, 5.74) is 9.70. The van der Waals surface area contributed by atoms with Gasteiger partial charge in [0.2, 0.25) is 0 Å². The van der Waals surface area contributed by atoms with Gasteiger partial charge >= 0.3 is 0 Å². The summed E-state index contributed by atoms with van der Waals surface area (Å²) in [5.74, 6) is 0. The molecule has 0 aliphatic carbocycles. The molecule has 8 rings (SSSR count). The van der Waals surface area contributed by atoms with E-state index < -0.39 is 0 Å². The molecule has 0 heterocycles. The maximum atomic E-state index is 9.50. The molecule has 0 saturated heterocycles. The molecule has 1 heteroatoms. The van der Waals surface area contributed by atoms with Gasteiger partial charge in [-0.05, 0) is 113 Å². The van der Waals surface area contributed by atoms with Crippen molar-refractivity contribution in [2.24, 2.45) is 0 Å². The highest BCUT2D eigenvalue weighted by molar-refractivity contribution is 6.22. The Balaban J connectivity index is 0.00000101. The molecule has 8 aromatic rings. The van der Waals surface area contributed by atoms with Gasteiger partial charge in [0.1, 0.15) is 0 Å². The van der Waals surface area contributed by atoms with Gasteiger partial charge in [0, 0.05) is 0 Å². The number of halogens is 1. The van der Waals surface area contributed by atoms with Crippen LogP contribution < -0.4 is 0 Å². The zero-order valence-electron chi connectivity index (χ0n) is 28.7. The average Bonchev–Trinajstić information content (AvgIpc) is 3.18. The van der Waals surface area contributed by atoms with E-state index in [-0.39, 0.29) is 0 Å². The SMILES string of the molecule is C=Cc1c(/C=C\C)cccc1-c1ccc2c(-c3ccc4ccccc4c3)c3ccccc3c(-c3ccc4ccccc4c3)c2c1.CC.CF. The Kier molecular flexibility index (Phi) is 10.1. The van der Waals surface area contributed by atoms with Gasteiger partial charge in [-0.3, -0.25) is 4.39 Å². The van der Waals surface area contributed by atoms with Crippen molar-refractivity contribution in [3.63, 3.8) is 0 Å². The number of allylic oxidation sites excluding steroid dienone is 1. The van der Waals surface area contributed by atoms with Crippen LogP contribution in [0.15, 0.2) is 158 Å². The van der Waals surface area contributed by atoms with Crippen molar-refractivity contribution < 1.29 is 4.39 Å². The van der Waals surface area contributed by atoms with Crippen molar-refractivity contribution in [1.82, 2.24) is 0 Å². The second kappa shape index (κ2) is 15.0. The van der Waals surface area contributed by atoms with Gasteiger partial charge in [0.25, 0.3) is 0 Å². The molecular weight excluding hydrogens is 596 g/mol. The Bertz CT molecular complexity index is 2460. The largest absolute Gasteiger partial charge is 0.255 e. The molecule has 0 aromatic heterocycles. The molecule has 0 amide bonds. The van der Waals surface area contributed by atoms with Gasteiger partial charge in [0.05, 0.1) is 7.18 Å². The number of fused-ring (bicyclic) bond motifs is 4. The van der Waals surface area contributed by atoms with E-state index in [0.717, 1.165) is 5.56 Å². The normalized spacial score (nSPS) is 11.0. The Morgan fingerprint density at radius 1 is 0.469 bits per heavy atom. The minimum absolute atomic E-state index is 0.500. The van der Waals surface area contributed by atoms with Crippen LogP contribution in [0.25, 0.3) is 88.6 Å². The second-order valence-electron chi connectivity index (χ2n) is 11.7. The lowest BCUT2D eigenvalue weighted by Gasteiger charge is -2.20. The predicted octanol–water partition coefficient (Wildman–Crippen LogP) is 14.6. The summed E-state index contributed by atoms with van der Waals surface area (Å²) in [4.78, 5) is 0. The quantitative estimate of drug-likeness (QED) is 0.165. The van der Waals surface area contributed by atoms with Crippen LogP contribution in [0.3, 0.4) is 0 Å². The molecule has 0 N–H and O–H groups in total. The van der Waals surface area contributed by atoms with Crippen molar-refractivity contribution in [2.45, 2.75) is 20.8 Å². The third-order valence-electron chi connectivity index (χ3n) is 9.10. The second-order valence-corrected chi connectivity index (χ2v) is 11.7. The van der Waals surface area contributed by atoms with Crippen LogP contribution in [0.2, 0.25) is 0 Å². The van der Waals surface area contributed by atoms with Crippen LogP contribution in [-0.2, 0) is 0 Å². The summed E-state index contributed by atoms with van der Waals surface area (Å²) >= 11 is 0. The molecule has 0 saturated carbocycles. The predicted molar refractivity (Wildman–Crippen MR) is 216 cm³/mol. The summed E-state index contributed by atoms with van der Waals surface area (Å²) in [7, 11) is 0.500. The van der Waals surface area contributed by atoms with Gasteiger partial charge in [-0.15, -0.1) is 0 Å². The molecule has 8 aromatic carbocycles. The molecule has 0 atom stereocenters.